The molecule has 0 spiro atoms. The van der Waals surface area contributed by atoms with Gasteiger partial charge in [0.15, 0.2) is 0 Å². The molecule has 3 aliphatic rings. The number of aryl methyl sites for hydroxylation is 1. The van der Waals surface area contributed by atoms with Gasteiger partial charge in [-0.2, -0.15) is 0 Å². The molecule has 2 saturated heterocycles. The van der Waals surface area contributed by atoms with Crippen molar-refractivity contribution in [3.63, 3.8) is 0 Å². The highest BCUT2D eigenvalue weighted by Gasteiger charge is 2.31. The fourth-order valence-electron chi connectivity index (χ4n) is 5.45. The van der Waals surface area contributed by atoms with E-state index in [2.05, 4.69) is 33.4 Å². The zero-order valence-corrected chi connectivity index (χ0v) is 21.3. The second kappa shape index (κ2) is 10.5. The third-order valence-electron chi connectivity index (χ3n) is 6.98. The summed E-state index contributed by atoms with van der Waals surface area (Å²) in [4.78, 5) is 42.1. The number of hydrogen-bond acceptors (Lipinski definition) is 7. The number of pyridine rings is 1. The number of benzene rings is 1. The fourth-order valence-corrected chi connectivity index (χ4v) is 6.82. The summed E-state index contributed by atoms with van der Waals surface area (Å²) in [6.45, 7) is 3.19. The molecular weight excluding hydrogens is 500 g/mol. The van der Waals surface area contributed by atoms with Crippen LogP contribution in [0.1, 0.15) is 36.1 Å². The lowest BCUT2D eigenvalue weighted by molar-refractivity contribution is -0.139. The maximum Gasteiger partial charge on any atom is 0.290 e. The Morgan fingerprint density at radius 3 is 2.67 bits per heavy atom. The first-order chi connectivity index (χ1) is 17.5. The maximum absolute atomic E-state index is 12.1. The predicted molar refractivity (Wildman–Crippen MR) is 140 cm³/mol. The Kier molecular flexibility index (Phi) is 7.22. The van der Waals surface area contributed by atoms with Gasteiger partial charge in [0.05, 0.1) is 16.8 Å². The summed E-state index contributed by atoms with van der Waals surface area (Å²) in [5, 5.41) is 11.2. The van der Waals surface area contributed by atoms with Crippen LogP contribution in [-0.2, 0) is 27.3 Å². The van der Waals surface area contributed by atoms with Gasteiger partial charge in [-0.25, -0.2) is 0 Å². The van der Waals surface area contributed by atoms with E-state index in [0.717, 1.165) is 70.1 Å². The third kappa shape index (κ3) is 4.70. The van der Waals surface area contributed by atoms with Gasteiger partial charge in [-0.05, 0) is 55.6 Å². The number of likely N-dealkylation sites (tertiary alicyclic amines) is 1. The summed E-state index contributed by atoms with van der Waals surface area (Å²) < 4.78 is 1.08. The van der Waals surface area contributed by atoms with Crippen LogP contribution in [0.25, 0.3) is 21.3 Å². The van der Waals surface area contributed by atoms with E-state index in [0.29, 0.717) is 25.4 Å². The van der Waals surface area contributed by atoms with Crippen LogP contribution < -0.4 is 10.2 Å². The standard InChI is InChI=1S/C25H25ClN4O2S.CH2O2/c26-16-10-15-2-1-9-29(17-5-7-27-13-17)24(15)20(11-16)19-6-8-28-21-12-18(33-25(19)21)14-30-22(31)3-4-23(30)32;2-1-3/h6,8,10-12,17,27H,1-5,7,9,13-14H2;1H,(H,2,3)/t17-;/m0./s1. The molecule has 0 unspecified atom stereocenters. The van der Waals surface area contributed by atoms with Crippen molar-refractivity contribution in [1.82, 2.24) is 15.2 Å². The molecule has 2 N–H and O–H groups in total. The van der Waals surface area contributed by atoms with E-state index < -0.39 is 0 Å². The van der Waals surface area contributed by atoms with E-state index >= 15 is 0 Å². The van der Waals surface area contributed by atoms with Gasteiger partial charge >= 0.3 is 0 Å². The van der Waals surface area contributed by atoms with Crippen molar-refractivity contribution in [2.75, 3.05) is 24.5 Å². The Labute approximate surface area is 217 Å². The number of halogens is 1. The number of nitrogens with zero attached hydrogens (tertiary/aromatic N) is 3. The van der Waals surface area contributed by atoms with Crippen LogP contribution in [0.2, 0.25) is 5.02 Å². The molecule has 2 amide bonds. The van der Waals surface area contributed by atoms with Gasteiger partial charge in [0, 0.05) is 64.9 Å². The van der Waals surface area contributed by atoms with E-state index in [9.17, 15) is 9.59 Å². The Morgan fingerprint density at radius 2 is 1.94 bits per heavy atom. The molecule has 1 aromatic carbocycles. The zero-order valence-electron chi connectivity index (χ0n) is 19.7. The second-order valence-corrected chi connectivity index (χ2v) is 10.7. The van der Waals surface area contributed by atoms with Crippen LogP contribution >= 0.6 is 22.9 Å². The van der Waals surface area contributed by atoms with Gasteiger partial charge in [-0.3, -0.25) is 24.3 Å². The lowest BCUT2D eigenvalue weighted by Gasteiger charge is -2.38. The van der Waals surface area contributed by atoms with E-state index in [1.54, 1.807) is 11.3 Å². The van der Waals surface area contributed by atoms with Crippen molar-refractivity contribution < 1.29 is 19.5 Å². The molecule has 0 radical (unpaired) electrons. The first-order valence-corrected chi connectivity index (χ1v) is 13.3. The van der Waals surface area contributed by atoms with Crippen LogP contribution in [0, 0.1) is 0 Å². The van der Waals surface area contributed by atoms with Crippen molar-refractivity contribution in [1.29, 1.82) is 0 Å². The monoisotopic (exact) mass is 526 g/mol. The van der Waals surface area contributed by atoms with Crippen molar-refractivity contribution in [2.24, 2.45) is 0 Å². The smallest absolute Gasteiger partial charge is 0.290 e. The van der Waals surface area contributed by atoms with Crippen molar-refractivity contribution in [3.05, 3.63) is 45.9 Å². The van der Waals surface area contributed by atoms with Crippen molar-refractivity contribution >= 4 is 57.1 Å². The van der Waals surface area contributed by atoms with Gasteiger partial charge in [-0.15, -0.1) is 11.3 Å². The number of aromatic nitrogens is 1. The highest BCUT2D eigenvalue weighted by atomic mass is 35.5. The number of imide groups is 1. The number of fused-ring (bicyclic) bond motifs is 2. The van der Waals surface area contributed by atoms with E-state index in [1.165, 1.54) is 16.2 Å². The Bertz CT molecular complexity index is 1300. The summed E-state index contributed by atoms with van der Waals surface area (Å²) in [5.74, 6) is -0.175. The van der Waals surface area contributed by atoms with E-state index in [-0.39, 0.29) is 18.3 Å². The average Bonchev–Trinajstić information content (AvgIpc) is 3.61. The predicted octanol–water partition coefficient (Wildman–Crippen LogP) is 4.08. The van der Waals surface area contributed by atoms with Gasteiger partial charge < -0.3 is 15.3 Å². The molecule has 0 saturated carbocycles. The number of thiophene rings is 1. The first-order valence-electron chi connectivity index (χ1n) is 12.1. The van der Waals surface area contributed by atoms with Crippen LogP contribution in [0.5, 0.6) is 0 Å². The zero-order chi connectivity index (χ0) is 25.2. The van der Waals surface area contributed by atoms with Crippen molar-refractivity contribution in [3.8, 4) is 11.1 Å². The molecule has 3 aliphatic heterocycles. The van der Waals surface area contributed by atoms with Gasteiger partial charge in [0.25, 0.3) is 6.47 Å². The Hall–Kier alpha value is -3.01. The lowest BCUT2D eigenvalue weighted by Crippen LogP contribution is -2.40. The molecule has 0 bridgehead atoms. The summed E-state index contributed by atoms with van der Waals surface area (Å²) in [6.07, 6.45) is 5.78. The van der Waals surface area contributed by atoms with Gasteiger partial charge in [0.1, 0.15) is 0 Å². The topological polar surface area (TPSA) is 103 Å². The van der Waals surface area contributed by atoms with E-state index in [1.807, 2.05) is 12.3 Å². The molecule has 3 aromatic rings. The van der Waals surface area contributed by atoms with E-state index in [4.69, 9.17) is 21.5 Å². The molecule has 36 heavy (non-hydrogen) atoms. The highest BCUT2D eigenvalue weighted by molar-refractivity contribution is 7.19. The molecule has 10 heteroatoms. The highest BCUT2D eigenvalue weighted by Crippen LogP contribution is 2.44. The number of anilines is 1. The number of carbonyl (C=O) groups is 3. The number of nitrogens with one attached hydrogen (secondary N) is 1. The fraction of sp³-hybridized carbons (Fsp3) is 0.385. The third-order valence-corrected chi connectivity index (χ3v) is 8.34. The second-order valence-electron chi connectivity index (χ2n) is 9.17. The van der Waals surface area contributed by atoms with Gasteiger partial charge in [-0.1, -0.05) is 11.6 Å². The molecule has 0 aliphatic carbocycles. The molecule has 5 heterocycles. The largest absolute Gasteiger partial charge is 0.483 e. The van der Waals surface area contributed by atoms with Crippen LogP contribution in [0.3, 0.4) is 0 Å². The maximum atomic E-state index is 12.1. The quantitative estimate of drug-likeness (QED) is 0.390. The minimum absolute atomic E-state index is 0.0876. The Morgan fingerprint density at radius 1 is 1.17 bits per heavy atom. The number of amides is 2. The normalized spacial score (nSPS) is 19.4. The number of hydrogen-bond donors (Lipinski definition) is 2. The molecule has 2 aromatic heterocycles. The minimum atomic E-state index is -0.250. The van der Waals surface area contributed by atoms with Crippen LogP contribution in [0.15, 0.2) is 30.5 Å². The molecule has 8 nitrogen and oxygen atoms in total. The minimum Gasteiger partial charge on any atom is -0.483 e. The molecular formula is C26H27ClN4O4S. The van der Waals surface area contributed by atoms with Crippen molar-refractivity contribution in [2.45, 2.75) is 44.7 Å². The summed E-state index contributed by atoms with van der Waals surface area (Å²) in [6, 6.07) is 8.78. The number of rotatable bonds is 4. The van der Waals surface area contributed by atoms with Crippen LogP contribution in [0.4, 0.5) is 5.69 Å². The summed E-state index contributed by atoms with van der Waals surface area (Å²) in [5.41, 5.74) is 5.77. The molecule has 6 rings (SSSR count). The van der Waals surface area contributed by atoms with Gasteiger partial charge in [0.2, 0.25) is 11.8 Å². The summed E-state index contributed by atoms with van der Waals surface area (Å²) in [7, 11) is 0. The van der Waals surface area contributed by atoms with Crippen LogP contribution in [-0.4, -0.2) is 59.0 Å². The average molecular weight is 527 g/mol. The first kappa shape index (κ1) is 24.7. The molecule has 2 fully saturated rings. The number of carboxylic acid groups (broad SMARTS) is 1. The Balaban J connectivity index is 0.000000848. The SMILES string of the molecule is O=C1CCC(=O)N1Cc1cc2nccc(-c3cc(Cl)cc4c3N([C@H]3CCNC3)CCC4)c2s1.O=CO. The number of carbonyl (C=O) groups excluding carboxylic acids is 2. The molecule has 1 atom stereocenters. The summed E-state index contributed by atoms with van der Waals surface area (Å²) >= 11 is 8.23. The molecule has 188 valence electrons. The lowest BCUT2D eigenvalue weighted by atomic mass is 9.92.